The molecule has 0 radical (unpaired) electrons. The maximum Gasteiger partial charge on any atom is 0.435 e. The number of aromatic nitrogens is 2. The average molecular weight is 483 g/mol. The number of nitrogens with zero attached hydrogens (tertiary/aromatic N) is 4. The second-order valence-corrected chi connectivity index (χ2v) is 7.74. The topological polar surface area (TPSA) is 50.6 Å². The van der Waals surface area contributed by atoms with Crippen LogP contribution >= 0.6 is 11.6 Å². The summed E-state index contributed by atoms with van der Waals surface area (Å²) in [5.74, 6) is -0.994. The van der Waals surface area contributed by atoms with Gasteiger partial charge in [-0.2, -0.15) is 23.0 Å². The van der Waals surface area contributed by atoms with Gasteiger partial charge in [0.25, 0.3) is 5.91 Å². The van der Waals surface area contributed by atoms with Gasteiger partial charge in [0.05, 0.1) is 16.4 Å². The molecule has 1 amide bonds. The number of alkyl halides is 3. The van der Waals surface area contributed by atoms with Gasteiger partial charge in [0.1, 0.15) is 5.82 Å². The van der Waals surface area contributed by atoms with Crippen LogP contribution in [0, 0.1) is 5.82 Å². The Bertz CT molecular complexity index is 1140. The van der Waals surface area contributed by atoms with E-state index in [9.17, 15) is 22.4 Å². The van der Waals surface area contributed by atoms with Crippen molar-refractivity contribution in [2.45, 2.75) is 6.18 Å². The number of piperazine rings is 1. The van der Waals surface area contributed by atoms with Gasteiger partial charge in [-0.25, -0.2) is 4.39 Å². The molecular weight excluding hydrogens is 464 g/mol. The Balaban J connectivity index is 1.44. The third-order valence-electron chi connectivity index (χ3n) is 5.22. The monoisotopic (exact) mass is 482 g/mol. The molecule has 1 aliphatic heterocycles. The van der Waals surface area contributed by atoms with Crippen molar-refractivity contribution < 1.29 is 27.1 Å². The molecule has 0 spiro atoms. The molecule has 0 saturated carbocycles. The Morgan fingerprint density at radius 1 is 1.00 bits per heavy atom. The molecular formula is C22H19ClF4N4O2. The van der Waals surface area contributed by atoms with Gasteiger partial charge in [0, 0.05) is 32.2 Å². The number of para-hydroxylation sites is 2. The average Bonchev–Trinajstić information content (AvgIpc) is 3.23. The maximum atomic E-state index is 14.0. The van der Waals surface area contributed by atoms with E-state index in [-0.39, 0.29) is 22.4 Å². The van der Waals surface area contributed by atoms with Crippen molar-refractivity contribution in [1.82, 2.24) is 14.7 Å². The number of benzene rings is 2. The summed E-state index contributed by atoms with van der Waals surface area (Å²) < 4.78 is 60.0. The highest BCUT2D eigenvalue weighted by molar-refractivity contribution is 6.32. The first-order chi connectivity index (χ1) is 15.7. The number of hydrogen-bond acceptors (Lipinski definition) is 4. The summed E-state index contributed by atoms with van der Waals surface area (Å²) in [6.07, 6.45) is -4.70. The van der Waals surface area contributed by atoms with Crippen LogP contribution in [-0.2, 0) is 11.0 Å². The summed E-state index contributed by atoms with van der Waals surface area (Å²) in [7, 11) is 0. The van der Waals surface area contributed by atoms with Gasteiger partial charge in [0.2, 0.25) is 5.88 Å². The SMILES string of the molecule is O=C(COc1cc(C(F)(F)F)nn1-c1ccccc1Cl)N1CCN(c2ccccc2F)CC1. The van der Waals surface area contributed by atoms with E-state index in [1.807, 2.05) is 4.90 Å². The minimum absolute atomic E-state index is 0.176. The second kappa shape index (κ2) is 9.30. The highest BCUT2D eigenvalue weighted by Crippen LogP contribution is 2.33. The highest BCUT2D eigenvalue weighted by atomic mass is 35.5. The van der Waals surface area contributed by atoms with Crippen molar-refractivity contribution in [2.24, 2.45) is 0 Å². The third kappa shape index (κ3) is 5.05. The first kappa shape index (κ1) is 22.9. The molecule has 1 saturated heterocycles. The van der Waals surface area contributed by atoms with Crippen LogP contribution in [0.4, 0.5) is 23.2 Å². The molecule has 1 fully saturated rings. The Morgan fingerprint density at radius 2 is 1.64 bits per heavy atom. The minimum atomic E-state index is -4.70. The summed E-state index contributed by atoms with van der Waals surface area (Å²) >= 11 is 6.11. The standard InChI is InChI=1S/C22H19ClF4N4O2/c23-15-5-1-3-7-17(15)31-21(13-19(28-31)22(25,26)27)33-14-20(32)30-11-9-29(10-12-30)18-8-4-2-6-16(18)24/h1-8,13H,9-12,14H2. The van der Waals surface area contributed by atoms with Gasteiger partial charge in [-0.05, 0) is 24.3 Å². The lowest BCUT2D eigenvalue weighted by molar-refractivity contribution is -0.141. The van der Waals surface area contributed by atoms with Crippen molar-refractivity contribution in [2.75, 3.05) is 37.7 Å². The van der Waals surface area contributed by atoms with Gasteiger partial charge in [-0.15, -0.1) is 0 Å². The van der Waals surface area contributed by atoms with E-state index < -0.39 is 24.4 Å². The first-order valence-corrected chi connectivity index (χ1v) is 10.4. The number of halogens is 5. The molecule has 3 aromatic rings. The maximum absolute atomic E-state index is 14.0. The molecule has 1 aromatic heterocycles. The van der Waals surface area contributed by atoms with Gasteiger partial charge in [-0.3, -0.25) is 4.79 Å². The number of ether oxygens (including phenoxy) is 1. The zero-order valence-corrected chi connectivity index (χ0v) is 18.0. The minimum Gasteiger partial charge on any atom is -0.467 e. The molecule has 1 aliphatic rings. The largest absolute Gasteiger partial charge is 0.467 e. The predicted molar refractivity (Wildman–Crippen MR) is 114 cm³/mol. The normalized spacial score (nSPS) is 14.5. The van der Waals surface area contributed by atoms with Crippen molar-refractivity contribution in [1.29, 1.82) is 0 Å². The predicted octanol–water partition coefficient (Wildman–Crippen LogP) is 4.41. The van der Waals surface area contributed by atoms with E-state index in [1.54, 1.807) is 30.3 Å². The fraction of sp³-hybridized carbons (Fsp3) is 0.273. The molecule has 4 rings (SSSR count). The summed E-state index contributed by atoms with van der Waals surface area (Å²) in [5, 5.41) is 3.75. The Morgan fingerprint density at radius 3 is 2.27 bits per heavy atom. The van der Waals surface area contributed by atoms with E-state index in [4.69, 9.17) is 16.3 Å². The number of rotatable bonds is 5. The second-order valence-electron chi connectivity index (χ2n) is 7.34. The zero-order chi connectivity index (χ0) is 23.6. The molecule has 0 unspecified atom stereocenters. The lowest BCUT2D eigenvalue weighted by atomic mass is 10.2. The van der Waals surface area contributed by atoms with E-state index in [0.29, 0.717) is 31.9 Å². The Hall–Kier alpha value is -3.27. The van der Waals surface area contributed by atoms with Crippen LogP contribution in [0.3, 0.4) is 0 Å². The molecule has 2 aromatic carbocycles. The van der Waals surface area contributed by atoms with E-state index in [2.05, 4.69) is 5.10 Å². The van der Waals surface area contributed by atoms with E-state index in [1.165, 1.54) is 23.1 Å². The molecule has 0 aliphatic carbocycles. The van der Waals surface area contributed by atoms with Crippen LogP contribution in [0.5, 0.6) is 5.88 Å². The van der Waals surface area contributed by atoms with Gasteiger partial charge in [0.15, 0.2) is 12.3 Å². The van der Waals surface area contributed by atoms with E-state index in [0.717, 1.165) is 10.7 Å². The summed E-state index contributed by atoms with van der Waals surface area (Å²) in [5.41, 5.74) is -0.511. The number of carbonyl (C=O) groups is 1. The number of carbonyl (C=O) groups excluding carboxylic acids is 1. The van der Waals surface area contributed by atoms with Crippen molar-refractivity contribution in [3.05, 3.63) is 71.1 Å². The fourth-order valence-electron chi connectivity index (χ4n) is 3.53. The molecule has 0 bridgehead atoms. The smallest absolute Gasteiger partial charge is 0.435 e. The first-order valence-electron chi connectivity index (χ1n) is 10.1. The Labute approximate surface area is 191 Å². The summed E-state index contributed by atoms with van der Waals surface area (Å²) in [4.78, 5) is 16.0. The van der Waals surface area contributed by atoms with Crippen LogP contribution < -0.4 is 9.64 Å². The molecule has 33 heavy (non-hydrogen) atoms. The van der Waals surface area contributed by atoms with E-state index >= 15 is 0 Å². The van der Waals surface area contributed by atoms with Crippen molar-refractivity contribution in [3.8, 4) is 11.6 Å². The molecule has 2 heterocycles. The Kier molecular flexibility index (Phi) is 6.46. The fourth-order valence-corrected chi connectivity index (χ4v) is 3.75. The number of anilines is 1. The lowest BCUT2D eigenvalue weighted by Crippen LogP contribution is -2.50. The number of amides is 1. The van der Waals surface area contributed by atoms with Crippen molar-refractivity contribution >= 4 is 23.2 Å². The summed E-state index contributed by atoms with van der Waals surface area (Å²) in [6, 6.07) is 13.3. The molecule has 0 atom stereocenters. The molecule has 0 N–H and O–H groups in total. The summed E-state index contributed by atoms with van der Waals surface area (Å²) in [6.45, 7) is 1.01. The van der Waals surface area contributed by atoms with Gasteiger partial charge < -0.3 is 14.5 Å². The molecule has 6 nitrogen and oxygen atoms in total. The molecule has 11 heteroatoms. The van der Waals surface area contributed by atoms with Crippen LogP contribution in [-0.4, -0.2) is 53.4 Å². The van der Waals surface area contributed by atoms with Crippen LogP contribution in [0.2, 0.25) is 5.02 Å². The molecule has 174 valence electrons. The third-order valence-corrected chi connectivity index (χ3v) is 5.54. The van der Waals surface area contributed by atoms with Crippen molar-refractivity contribution in [3.63, 3.8) is 0 Å². The van der Waals surface area contributed by atoms with Gasteiger partial charge >= 0.3 is 6.18 Å². The lowest BCUT2D eigenvalue weighted by Gasteiger charge is -2.36. The van der Waals surface area contributed by atoms with Crippen LogP contribution in [0.1, 0.15) is 5.69 Å². The van der Waals surface area contributed by atoms with Gasteiger partial charge in [-0.1, -0.05) is 35.9 Å². The quantitative estimate of drug-likeness (QED) is 0.505. The number of hydrogen-bond donors (Lipinski definition) is 0. The highest BCUT2D eigenvalue weighted by Gasteiger charge is 2.36. The van der Waals surface area contributed by atoms with Crippen LogP contribution in [0.25, 0.3) is 5.69 Å². The van der Waals surface area contributed by atoms with Crippen LogP contribution in [0.15, 0.2) is 54.6 Å². The zero-order valence-electron chi connectivity index (χ0n) is 17.2.